The summed E-state index contributed by atoms with van der Waals surface area (Å²) in [6, 6.07) is 13.2. The van der Waals surface area contributed by atoms with Crippen molar-refractivity contribution >= 4 is 39.3 Å². The van der Waals surface area contributed by atoms with Crippen molar-refractivity contribution in [2.24, 2.45) is 0 Å². The molecule has 3 N–H and O–H groups in total. The molecule has 0 aliphatic carbocycles. The van der Waals surface area contributed by atoms with Gasteiger partial charge in [0.1, 0.15) is 0 Å². The summed E-state index contributed by atoms with van der Waals surface area (Å²) in [6.07, 6.45) is 0. The van der Waals surface area contributed by atoms with Crippen molar-refractivity contribution in [3.8, 4) is 0 Å². The minimum atomic E-state index is -0.117. The predicted molar refractivity (Wildman–Crippen MR) is 82.5 cm³/mol. The van der Waals surface area contributed by atoms with Crippen LogP contribution in [0.3, 0.4) is 0 Å². The molecule has 0 fully saturated rings. The highest BCUT2D eigenvalue weighted by molar-refractivity contribution is 9.10. The van der Waals surface area contributed by atoms with Gasteiger partial charge in [0.2, 0.25) is 0 Å². The van der Waals surface area contributed by atoms with E-state index in [4.69, 9.17) is 5.73 Å². The third kappa shape index (κ3) is 3.30. The molecule has 0 unspecified atom stereocenters. The fraction of sp³-hybridized carbons (Fsp3) is 0.0714. The first-order chi connectivity index (χ1) is 9.11. The number of carbonyl (C=O) groups excluding carboxylic acids is 1. The minimum Gasteiger partial charge on any atom is -0.398 e. The van der Waals surface area contributed by atoms with E-state index in [9.17, 15) is 4.79 Å². The second kappa shape index (κ2) is 6.12. The van der Waals surface area contributed by atoms with Crippen LogP contribution in [0, 0.1) is 0 Å². The van der Waals surface area contributed by atoms with E-state index in [-0.39, 0.29) is 5.91 Å². The quantitative estimate of drug-likeness (QED) is 0.843. The van der Waals surface area contributed by atoms with Crippen molar-refractivity contribution in [1.29, 1.82) is 0 Å². The van der Waals surface area contributed by atoms with Crippen LogP contribution in [0.25, 0.3) is 0 Å². The molecule has 0 bridgehead atoms. The lowest BCUT2D eigenvalue weighted by molar-refractivity contribution is 0.0963. The van der Waals surface area contributed by atoms with Crippen LogP contribution < -0.4 is 11.1 Å². The molecule has 1 amide bonds. The number of nitrogens with two attached hydrogens (primary N) is 1. The van der Waals surface area contributed by atoms with Crippen molar-refractivity contribution in [1.82, 2.24) is 5.32 Å². The van der Waals surface area contributed by atoms with Gasteiger partial charge >= 0.3 is 0 Å². The summed E-state index contributed by atoms with van der Waals surface area (Å²) in [5.74, 6) is -0.117. The second-order valence-corrected chi connectivity index (χ2v) is 5.80. The fourth-order valence-corrected chi connectivity index (χ4v) is 3.00. The van der Waals surface area contributed by atoms with E-state index in [2.05, 4.69) is 21.2 Å². The Bertz CT molecular complexity index is 616. The topological polar surface area (TPSA) is 55.1 Å². The van der Waals surface area contributed by atoms with Crippen LogP contribution in [-0.2, 0) is 0 Å². The van der Waals surface area contributed by atoms with Gasteiger partial charge in [0.05, 0.1) is 0 Å². The number of anilines is 1. The first kappa shape index (κ1) is 14.0. The SMILES string of the molecule is CNC(=O)c1ccc(N)c(Sc2ccccc2Br)c1. The number of nitrogen functional groups attached to an aromatic ring is 1. The number of hydrogen-bond donors (Lipinski definition) is 2. The third-order valence-corrected chi connectivity index (χ3v) is 4.66. The monoisotopic (exact) mass is 336 g/mol. The number of benzene rings is 2. The summed E-state index contributed by atoms with van der Waals surface area (Å²) < 4.78 is 1.00. The highest BCUT2D eigenvalue weighted by Crippen LogP contribution is 2.36. The molecule has 0 spiro atoms. The van der Waals surface area contributed by atoms with E-state index >= 15 is 0 Å². The molecular formula is C14H13BrN2OS. The van der Waals surface area contributed by atoms with E-state index in [1.807, 2.05) is 24.3 Å². The first-order valence-corrected chi connectivity index (χ1v) is 7.26. The van der Waals surface area contributed by atoms with Gasteiger partial charge in [0.25, 0.3) is 5.91 Å². The highest BCUT2D eigenvalue weighted by atomic mass is 79.9. The summed E-state index contributed by atoms with van der Waals surface area (Å²) in [5.41, 5.74) is 7.22. The average Bonchev–Trinajstić information content (AvgIpc) is 2.42. The zero-order valence-electron chi connectivity index (χ0n) is 10.3. The maximum absolute atomic E-state index is 11.6. The summed E-state index contributed by atoms with van der Waals surface area (Å²) in [6.45, 7) is 0. The zero-order valence-corrected chi connectivity index (χ0v) is 12.7. The maximum atomic E-state index is 11.6. The molecule has 98 valence electrons. The predicted octanol–water partition coefficient (Wildman–Crippen LogP) is 3.54. The second-order valence-electron chi connectivity index (χ2n) is 3.86. The summed E-state index contributed by atoms with van der Waals surface area (Å²) in [7, 11) is 1.61. The molecule has 0 saturated carbocycles. The van der Waals surface area contributed by atoms with Gasteiger partial charge in [-0.15, -0.1) is 0 Å². The minimum absolute atomic E-state index is 0.117. The number of hydrogen-bond acceptors (Lipinski definition) is 3. The van der Waals surface area contributed by atoms with Gasteiger partial charge in [-0.05, 0) is 46.3 Å². The Morgan fingerprint density at radius 2 is 1.95 bits per heavy atom. The molecule has 2 rings (SSSR count). The number of rotatable bonds is 3. The molecule has 2 aromatic rings. The van der Waals surface area contributed by atoms with Crippen LogP contribution in [0.15, 0.2) is 56.7 Å². The van der Waals surface area contributed by atoms with E-state index < -0.39 is 0 Å². The van der Waals surface area contributed by atoms with Crippen molar-refractivity contribution in [3.05, 3.63) is 52.5 Å². The Labute approximate surface area is 124 Å². The average molecular weight is 337 g/mol. The van der Waals surface area contributed by atoms with Gasteiger partial charge in [-0.2, -0.15) is 0 Å². The largest absolute Gasteiger partial charge is 0.398 e. The van der Waals surface area contributed by atoms with Crippen molar-refractivity contribution in [3.63, 3.8) is 0 Å². The molecule has 5 heteroatoms. The molecule has 0 aromatic heterocycles. The Morgan fingerprint density at radius 1 is 1.21 bits per heavy atom. The molecule has 0 aliphatic heterocycles. The molecule has 0 atom stereocenters. The molecular weight excluding hydrogens is 324 g/mol. The normalized spacial score (nSPS) is 10.2. The van der Waals surface area contributed by atoms with Gasteiger partial charge in [0, 0.05) is 32.6 Å². The zero-order chi connectivity index (χ0) is 13.8. The van der Waals surface area contributed by atoms with E-state index in [1.54, 1.807) is 25.2 Å². The molecule has 0 aliphatic rings. The third-order valence-electron chi connectivity index (χ3n) is 2.56. The Kier molecular flexibility index (Phi) is 4.50. The lowest BCUT2D eigenvalue weighted by atomic mass is 10.2. The number of carbonyl (C=O) groups is 1. The van der Waals surface area contributed by atoms with E-state index in [0.717, 1.165) is 14.3 Å². The lowest BCUT2D eigenvalue weighted by Gasteiger charge is -2.09. The van der Waals surface area contributed by atoms with Crippen LogP contribution in [0.4, 0.5) is 5.69 Å². The highest BCUT2D eigenvalue weighted by Gasteiger charge is 2.09. The molecule has 3 nitrogen and oxygen atoms in total. The molecule has 0 saturated heterocycles. The van der Waals surface area contributed by atoms with Gasteiger partial charge in [-0.25, -0.2) is 0 Å². The van der Waals surface area contributed by atoms with Crippen LogP contribution >= 0.6 is 27.7 Å². The number of amides is 1. The number of nitrogens with one attached hydrogen (secondary N) is 1. The number of halogens is 1. The van der Waals surface area contributed by atoms with E-state index in [1.165, 1.54) is 11.8 Å². The Hall–Kier alpha value is -1.46. The smallest absolute Gasteiger partial charge is 0.251 e. The Morgan fingerprint density at radius 3 is 2.63 bits per heavy atom. The first-order valence-electron chi connectivity index (χ1n) is 5.66. The fourth-order valence-electron chi connectivity index (χ4n) is 1.55. The molecule has 19 heavy (non-hydrogen) atoms. The van der Waals surface area contributed by atoms with Crippen LogP contribution in [0.2, 0.25) is 0 Å². The van der Waals surface area contributed by atoms with Gasteiger partial charge in [-0.1, -0.05) is 23.9 Å². The molecule has 0 heterocycles. The van der Waals surface area contributed by atoms with Gasteiger partial charge in [-0.3, -0.25) is 4.79 Å². The van der Waals surface area contributed by atoms with E-state index in [0.29, 0.717) is 11.3 Å². The molecule has 2 aromatic carbocycles. The summed E-state index contributed by atoms with van der Waals surface area (Å²) in [4.78, 5) is 13.6. The van der Waals surface area contributed by atoms with Crippen LogP contribution in [0.1, 0.15) is 10.4 Å². The summed E-state index contributed by atoms with van der Waals surface area (Å²) in [5, 5.41) is 2.60. The van der Waals surface area contributed by atoms with Crippen LogP contribution in [-0.4, -0.2) is 13.0 Å². The Balaban J connectivity index is 2.34. The molecule has 0 radical (unpaired) electrons. The van der Waals surface area contributed by atoms with Crippen molar-refractivity contribution in [2.45, 2.75) is 9.79 Å². The van der Waals surface area contributed by atoms with Gasteiger partial charge in [0.15, 0.2) is 0 Å². The summed E-state index contributed by atoms with van der Waals surface area (Å²) >= 11 is 5.03. The lowest BCUT2D eigenvalue weighted by Crippen LogP contribution is -2.17. The maximum Gasteiger partial charge on any atom is 0.251 e. The standard InChI is InChI=1S/C14H13BrN2OS/c1-17-14(18)9-6-7-11(16)13(8-9)19-12-5-3-2-4-10(12)15/h2-8H,16H2,1H3,(H,17,18). The van der Waals surface area contributed by atoms with Crippen molar-refractivity contribution < 1.29 is 4.79 Å². The van der Waals surface area contributed by atoms with Gasteiger partial charge < -0.3 is 11.1 Å². The van der Waals surface area contributed by atoms with Crippen molar-refractivity contribution in [2.75, 3.05) is 12.8 Å². The van der Waals surface area contributed by atoms with Crippen LogP contribution in [0.5, 0.6) is 0 Å².